The summed E-state index contributed by atoms with van der Waals surface area (Å²) in [6, 6.07) is 19.5. The molecule has 0 aromatic heterocycles. The first-order valence-corrected chi connectivity index (χ1v) is 11.8. The number of fused-ring (bicyclic) bond motifs is 2. The zero-order valence-corrected chi connectivity index (χ0v) is 19.4. The van der Waals surface area contributed by atoms with Crippen LogP contribution < -0.4 is 14.2 Å². The SMILES string of the molecule is COc1ccc2c(c1)OC1(CCN(C(=O)CCCOc3ccc4ccccc4c3)CC1)CC2=O. The van der Waals surface area contributed by atoms with Gasteiger partial charge >= 0.3 is 0 Å². The van der Waals surface area contributed by atoms with E-state index in [1.165, 1.54) is 5.39 Å². The van der Waals surface area contributed by atoms with Gasteiger partial charge in [0.15, 0.2) is 5.78 Å². The Labute approximate surface area is 199 Å². The van der Waals surface area contributed by atoms with Crippen LogP contribution in [0.5, 0.6) is 17.2 Å². The first-order chi connectivity index (χ1) is 16.5. The van der Waals surface area contributed by atoms with Crippen molar-refractivity contribution in [3.63, 3.8) is 0 Å². The molecule has 1 fully saturated rings. The Hall–Kier alpha value is -3.54. The van der Waals surface area contributed by atoms with Crippen molar-refractivity contribution in [1.82, 2.24) is 4.90 Å². The minimum absolute atomic E-state index is 0.0921. The highest BCUT2D eigenvalue weighted by Gasteiger charge is 2.43. The molecular weight excluding hydrogens is 430 g/mol. The lowest BCUT2D eigenvalue weighted by atomic mass is 9.82. The summed E-state index contributed by atoms with van der Waals surface area (Å²) in [6.07, 6.45) is 2.76. The van der Waals surface area contributed by atoms with Crippen LogP contribution in [0.2, 0.25) is 0 Å². The topological polar surface area (TPSA) is 65.1 Å². The van der Waals surface area contributed by atoms with E-state index >= 15 is 0 Å². The molecule has 6 heteroatoms. The highest BCUT2D eigenvalue weighted by atomic mass is 16.5. The van der Waals surface area contributed by atoms with Gasteiger partial charge in [-0.1, -0.05) is 30.3 Å². The van der Waals surface area contributed by atoms with Crippen LogP contribution in [0.4, 0.5) is 0 Å². The van der Waals surface area contributed by atoms with Crippen molar-refractivity contribution in [2.75, 3.05) is 26.8 Å². The van der Waals surface area contributed by atoms with Gasteiger partial charge < -0.3 is 19.1 Å². The van der Waals surface area contributed by atoms with Crippen molar-refractivity contribution in [3.8, 4) is 17.2 Å². The summed E-state index contributed by atoms with van der Waals surface area (Å²) in [6.45, 7) is 1.69. The summed E-state index contributed by atoms with van der Waals surface area (Å²) in [4.78, 5) is 27.4. The molecule has 2 heterocycles. The zero-order valence-electron chi connectivity index (χ0n) is 19.4. The van der Waals surface area contributed by atoms with Crippen LogP contribution in [0.25, 0.3) is 10.8 Å². The second-order valence-corrected chi connectivity index (χ2v) is 9.09. The Morgan fingerprint density at radius 1 is 1.00 bits per heavy atom. The predicted molar refractivity (Wildman–Crippen MR) is 130 cm³/mol. The Bertz CT molecular complexity index is 1210. The van der Waals surface area contributed by atoms with E-state index in [1.54, 1.807) is 25.3 Å². The van der Waals surface area contributed by atoms with Gasteiger partial charge in [0.2, 0.25) is 5.91 Å². The number of amides is 1. The van der Waals surface area contributed by atoms with E-state index < -0.39 is 5.60 Å². The third-order valence-corrected chi connectivity index (χ3v) is 6.85. The molecule has 1 spiro atoms. The second kappa shape index (κ2) is 9.37. The number of ether oxygens (including phenoxy) is 3. The quantitative estimate of drug-likeness (QED) is 0.484. The van der Waals surface area contributed by atoms with Crippen molar-refractivity contribution >= 4 is 22.5 Å². The molecule has 1 amide bonds. The molecule has 0 atom stereocenters. The molecule has 5 rings (SSSR count). The lowest BCUT2D eigenvalue weighted by Crippen LogP contribution is -2.52. The van der Waals surface area contributed by atoms with Crippen molar-refractivity contribution < 1.29 is 23.8 Å². The first-order valence-electron chi connectivity index (χ1n) is 11.8. The van der Waals surface area contributed by atoms with Gasteiger partial charge in [-0.05, 0) is 41.5 Å². The number of piperidine rings is 1. The number of carbonyl (C=O) groups is 2. The van der Waals surface area contributed by atoms with E-state index in [0.29, 0.717) is 68.9 Å². The molecule has 6 nitrogen and oxygen atoms in total. The average Bonchev–Trinajstić information content (AvgIpc) is 2.86. The van der Waals surface area contributed by atoms with Crippen molar-refractivity contribution in [2.45, 2.75) is 37.7 Å². The van der Waals surface area contributed by atoms with Gasteiger partial charge in [0, 0.05) is 38.4 Å². The van der Waals surface area contributed by atoms with E-state index in [2.05, 4.69) is 12.1 Å². The van der Waals surface area contributed by atoms with Gasteiger partial charge in [0.25, 0.3) is 0 Å². The smallest absolute Gasteiger partial charge is 0.222 e. The number of ketones is 1. The molecule has 0 bridgehead atoms. The number of hydrogen-bond acceptors (Lipinski definition) is 5. The Balaban J connectivity index is 1.10. The minimum Gasteiger partial charge on any atom is -0.497 e. The molecule has 34 heavy (non-hydrogen) atoms. The highest BCUT2D eigenvalue weighted by Crippen LogP contribution is 2.40. The predicted octanol–water partition coefficient (Wildman–Crippen LogP) is 5.03. The minimum atomic E-state index is -0.535. The number of likely N-dealkylation sites (tertiary alicyclic amines) is 1. The van der Waals surface area contributed by atoms with Gasteiger partial charge in [0.1, 0.15) is 22.8 Å². The third kappa shape index (κ3) is 4.58. The van der Waals surface area contributed by atoms with Gasteiger partial charge in [-0.2, -0.15) is 0 Å². The van der Waals surface area contributed by atoms with Crippen LogP contribution in [-0.2, 0) is 4.79 Å². The van der Waals surface area contributed by atoms with Gasteiger partial charge in [0.05, 0.1) is 25.7 Å². The molecule has 0 N–H and O–H groups in total. The van der Waals surface area contributed by atoms with Crippen LogP contribution in [0.1, 0.15) is 42.5 Å². The van der Waals surface area contributed by atoms with Crippen molar-refractivity contribution in [2.24, 2.45) is 0 Å². The fourth-order valence-electron chi connectivity index (χ4n) is 4.87. The molecule has 0 radical (unpaired) electrons. The molecule has 0 aliphatic carbocycles. The summed E-state index contributed by atoms with van der Waals surface area (Å²) >= 11 is 0. The molecule has 3 aromatic carbocycles. The van der Waals surface area contributed by atoms with Crippen LogP contribution in [0.3, 0.4) is 0 Å². The van der Waals surface area contributed by atoms with Crippen molar-refractivity contribution in [1.29, 1.82) is 0 Å². The molecule has 176 valence electrons. The van der Waals surface area contributed by atoms with E-state index in [0.717, 1.165) is 11.1 Å². The van der Waals surface area contributed by atoms with Crippen LogP contribution in [0.15, 0.2) is 60.7 Å². The maximum Gasteiger partial charge on any atom is 0.222 e. The standard InChI is InChI=1S/C28H29NO5/c1-32-22-10-11-24-25(30)19-28(34-26(24)18-22)12-14-29(15-13-28)27(31)7-4-16-33-23-9-8-20-5-2-3-6-21(20)17-23/h2-3,5-6,8-11,17-18H,4,7,12-16,19H2,1H3. The molecule has 3 aromatic rings. The molecular formula is C28H29NO5. The Morgan fingerprint density at radius 2 is 1.76 bits per heavy atom. The molecule has 0 unspecified atom stereocenters. The van der Waals surface area contributed by atoms with E-state index in [4.69, 9.17) is 14.2 Å². The number of Topliss-reactive ketones (excluding diaryl/α,β-unsaturated/α-hetero) is 1. The zero-order chi connectivity index (χ0) is 23.5. The van der Waals surface area contributed by atoms with Crippen LogP contribution >= 0.6 is 0 Å². The van der Waals surface area contributed by atoms with Gasteiger partial charge in [-0.25, -0.2) is 0 Å². The average molecular weight is 460 g/mol. The number of benzene rings is 3. The number of hydrogen-bond donors (Lipinski definition) is 0. The van der Waals surface area contributed by atoms with E-state index in [-0.39, 0.29) is 11.7 Å². The fraction of sp³-hybridized carbons (Fsp3) is 0.357. The van der Waals surface area contributed by atoms with E-state index in [1.807, 2.05) is 35.2 Å². The molecule has 2 aliphatic heterocycles. The largest absolute Gasteiger partial charge is 0.497 e. The van der Waals surface area contributed by atoms with Crippen molar-refractivity contribution in [3.05, 3.63) is 66.2 Å². The van der Waals surface area contributed by atoms with Gasteiger partial charge in [-0.15, -0.1) is 0 Å². The monoisotopic (exact) mass is 459 g/mol. The lowest BCUT2D eigenvalue weighted by molar-refractivity contribution is -0.135. The van der Waals surface area contributed by atoms with Crippen LogP contribution in [-0.4, -0.2) is 49.0 Å². The normalized spacial score (nSPS) is 16.7. The highest BCUT2D eigenvalue weighted by molar-refractivity contribution is 6.00. The van der Waals surface area contributed by atoms with Crippen LogP contribution in [0, 0.1) is 0 Å². The lowest BCUT2D eigenvalue weighted by Gasteiger charge is -2.44. The summed E-state index contributed by atoms with van der Waals surface area (Å²) in [5.41, 5.74) is 0.0724. The summed E-state index contributed by atoms with van der Waals surface area (Å²) < 4.78 is 17.5. The molecule has 2 aliphatic rings. The van der Waals surface area contributed by atoms with Gasteiger partial charge in [-0.3, -0.25) is 9.59 Å². The van der Waals surface area contributed by atoms with E-state index in [9.17, 15) is 9.59 Å². The molecule has 1 saturated heterocycles. The second-order valence-electron chi connectivity index (χ2n) is 9.09. The fourth-order valence-corrected chi connectivity index (χ4v) is 4.87. The maximum absolute atomic E-state index is 12.7. The number of nitrogens with zero attached hydrogens (tertiary/aromatic N) is 1. The number of rotatable bonds is 6. The number of methoxy groups -OCH3 is 1. The maximum atomic E-state index is 12.7. The number of carbonyl (C=O) groups excluding carboxylic acids is 2. The summed E-state index contributed by atoms with van der Waals surface area (Å²) in [5.74, 6) is 2.29. The Morgan fingerprint density at radius 3 is 2.56 bits per heavy atom. The first kappa shape index (κ1) is 22.3. The molecule has 0 saturated carbocycles. The summed E-state index contributed by atoms with van der Waals surface area (Å²) in [5, 5.41) is 2.32. The third-order valence-electron chi connectivity index (χ3n) is 6.85. The Kier molecular flexibility index (Phi) is 6.14. The summed E-state index contributed by atoms with van der Waals surface area (Å²) in [7, 11) is 1.60.